The van der Waals surface area contributed by atoms with E-state index in [1.807, 2.05) is 0 Å². The van der Waals surface area contributed by atoms with Crippen LogP contribution >= 0.6 is 15.9 Å². The van der Waals surface area contributed by atoms with Crippen molar-refractivity contribution in [3.05, 3.63) is 107 Å². The predicted molar refractivity (Wildman–Crippen MR) is 123 cm³/mol. The van der Waals surface area contributed by atoms with Gasteiger partial charge in [0.05, 0.1) is 11.8 Å². The number of hydrogen-bond acceptors (Lipinski definition) is 5. The molecule has 0 saturated heterocycles. The maximum absolute atomic E-state index is 12.1. The van der Waals surface area contributed by atoms with Crippen LogP contribution in [-0.2, 0) is 0 Å². The van der Waals surface area contributed by atoms with E-state index in [0.717, 1.165) is 10.0 Å². The maximum Gasteiger partial charge on any atom is 0.343 e. The Labute approximate surface area is 188 Å². The topological polar surface area (TPSA) is 77.0 Å². The fourth-order valence-corrected chi connectivity index (χ4v) is 2.73. The maximum atomic E-state index is 12.1. The van der Waals surface area contributed by atoms with Crippen LogP contribution < -0.4 is 14.9 Å². The van der Waals surface area contributed by atoms with Crippen molar-refractivity contribution in [2.75, 3.05) is 6.61 Å². The molecule has 0 bridgehead atoms. The van der Waals surface area contributed by atoms with Crippen LogP contribution in [0.4, 0.5) is 0 Å². The number of nitrogens with one attached hydrogen (secondary N) is 1. The van der Waals surface area contributed by atoms with Crippen molar-refractivity contribution in [2.45, 2.75) is 0 Å². The minimum atomic E-state index is -0.443. The summed E-state index contributed by atoms with van der Waals surface area (Å²) in [6.45, 7) is 3.99. The predicted octanol–water partition coefficient (Wildman–Crippen LogP) is 5.00. The Hall–Kier alpha value is -3.71. The van der Waals surface area contributed by atoms with Gasteiger partial charge in [-0.2, -0.15) is 5.10 Å². The second-order valence-electron chi connectivity index (χ2n) is 6.29. The Kier molecular flexibility index (Phi) is 7.73. The molecule has 0 heterocycles. The molecule has 0 aliphatic rings. The SMILES string of the molecule is C=CCOc1ccc(C(=O)N/N=C\c2ccc(OC(=O)c3ccc(Br)cc3)cc2)cc1. The lowest BCUT2D eigenvalue weighted by atomic mass is 10.2. The molecule has 6 nitrogen and oxygen atoms in total. The molecule has 0 radical (unpaired) electrons. The molecule has 0 aliphatic carbocycles. The highest BCUT2D eigenvalue weighted by molar-refractivity contribution is 9.10. The molecule has 3 aromatic carbocycles. The zero-order chi connectivity index (χ0) is 22.1. The average molecular weight is 479 g/mol. The number of nitrogens with zero attached hydrogens (tertiary/aromatic N) is 1. The lowest BCUT2D eigenvalue weighted by molar-refractivity contribution is 0.0734. The first kappa shape index (κ1) is 22.0. The number of amides is 1. The zero-order valence-corrected chi connectivity index (χ0v) is 18.0. The lowest BCUT2D eigenvalue weighted by Gasteiger charge is -2.05. The Morgan fingerprint density at radius 3 is 2.16 bits per heavy atom. The molecule has 1 amide bonds. The first-order chi connectivity index (χ1) is 15.0. The number of rotatable bonds is 8. The van der Waals surface area contributed by atoms with Gasteiger partial charge in [-0.25, -0.2) is 10.2 Å². The van der Waals surface area contributed by atoms with E-state index in [1.165, 1.54) is 6.21 Å². The van der Waals surface area contributed by atoms with Gasteiger partial charge in [-0.05, 0) is 78.4 Å². The van der Waals surface area contributed by atoms with Crippen LogP contribution in [-0.4, -0.2) is 24.7 Å². The molecule has 3 aromatic rings. The first-order valence-corrected chi connectivity index (χ1v) is 10.1. The third-order valence-corrected chi connectivity index (χ3v) is 4.56. The van der Waals surface area contributed by atoms with E-state index in [9.17, 15) is 9.59 Å². The molecule has 0 aliphatic heterocycles. The minimum Gasteiger partial charge on any atom is -0.490 e. The van der Waals surface area contributed by atoms with Crippen LogP contribution in [0.3, 0.4) is 0 Å². The van der Waals surface area contributed by atoms with Crippen molar-refractivity contribution in [1.82, 2.24) is 5.43 Å². The highest BCUT2D eigenvalue weighted by atomic mass is 79.9. The molecule has 0 fully saturated rings. The molecule has 0 aromatic heterocycles. The molecule has 0 unspecified atom stereocenters. The Balaban J connectivity index is 1.52. The van der Waals surface area contributed by atoms with Gasteiger partial charge in [0.1, 0.15) is 18.1 Å². The highest BCUT2D eigenvalue weighted by Crippen LogP contribution is 2.16. The van der Waals surface area contributed by atoms with Crippen molar-refractivity contribution in [3.63, 3.8) is 0 Å². The summed E-state index contributed by atoms with van der Waals surface area (Å²) in [7, 11) is 0. The van der Waals surface area contributed by atoms with Crippen LogP contribution in [0.5, 0.6) is 11.5 Å². The summed E-state index contributed by atoms with van der Waals surface area (Å²) >= 11 is 3.32. The average Bonchev–Trinajstić information content (AvgIpc) is 2.79. The van der Waals surface area contributed by atoms with Crippen molar-refractivity contribution in [3.8, 4) is 11.5 Å². The van der Waals surface area contributed by atoms with Gasteiger partial charge < -0.3 is 9.47 Å². The van der Waals surface area contributed by atoms with Crippen molar-refractivity contribution in [1.29, 1.82) is 0 Å². The van der Waals surface area contributed by atoms with Gasteiger partial charge in [0, 0.05) is 10.0 Å². The third kappa shape index (κ3) is 6.65. The minimum absolute atomic E-state index is 0.341. The van der Waals surface area contributed by atoms with Gasteiger partial charge in [0.2, 0.25) is 0 Å². The van der Waals surface area contributed by atoms with Crippen LogP contribution in [0, 0.1) is 0 Å². The largest absolute Gasteiger partial charge is 0.490 e. The summed E-state index contributed by atoms with van der Waals surface area (Å²) in [5, 5.41) is 3.96. The van der Waals surface area contributed by atoms with E-state index < -0.39 is 5.97 Å². The van der Waals surface area contributed by atoms with Crippen molar-refractivity contribution >= 4 is 34.0 Å². The number of hydrogen-bond donors (Lipinski definition) is 1. The lowest BCUT2D eigenvalue weighted by Crippen LogP contribution is -2.17. The molecule has 1 N–H and O–H groups in total. The van der Waals surface area contributed by atoms with E-state index in [1.54, 1.807) is 78.9 Å². The zero-order valence-electron chi connectivity index (χ0n) is 16.5. The number of carbonyl (C=O) groups is 2. The van der Waals surface area contributed by atoms with Gasteiger partial charge in [0.25, 0.3) is 5.91 Å². The van der Waals surface area contributed by atoms with E-state index in [2.05, 4.69) is 33.0 Å². The van der Waals surface area contributed by atoms with Gasteiger partial charge in [-0.15, -0.1) is 0 Å². The Morgan fingerprint density at radius 2 is 1.52 bits per heavy atom. The van der Waals surface area contributed by atoms with Crippen LogP contribution in [0.25, 0.3) is 0 Å². The third-order valence-electron chi connectivity index (χ3n) is 4.03. The number of carbonyl (C=O) groups excluding carboxylic acids is 2. The van der Waals surface area contributed by atoms with E-state index >= 15 is 0 Å². The molecule has 0 atom stereocenters. The highest BCUT2D eigenvalue weighted by Gasteiger charge is 2.08. The van der Waals surface area contributed by atoms with Crippen LogP contribution in [0.1, 0.15) is 26.3 Å². The van der Waals surface area contributed by atoms with Crippen molar-refractivity contribution < 1.29 is 19.1 Å². The molecule has 31 heavy (non-hydrogen) atoms. The van der Waals surface area contributed by atoms with E-state index in [0.29, 0.717) is 29.2 Å². The Bertz CT molecular complexity index is 1080. The summed E-state index contributed by atoms with van der Waals surface area (Å²) in [6.07, 6.45) is 3.15. The normalized spacial score (nSPS) is 10.5. The van der Waals surface area contributed by atoms with Crippen molar-refractivity contribution in [2.24, 2.45) is 5.10 Å². The quantitative estimate of drug-likeness (QED) is 0.162. The van der Waals surface area contributed by atoms with Gasteiger partial charge in [-0.3, -0.25) is 4.79 Å². The molecule has 7 heteroatoms. The van der Waals surface area contributed by atoms with E-state index in [-0.39, 0.29) is 5.91 Å². The number of esters is 1. The monoisotopic (exact) mass is 478 g/mol. The summed E-state index contributed by atoms with van der Waals surface area (Å²) in [4.78, 5) is 24.3. The second-order valence-corrected chi connectivity index (χ2v) is 7.20. The van der Waals surface area contributed by atoms with E-state index in [4.69, 9.17) is 9.47 Å². The molecule has 3 rings (SSSR count). The van der Waals surface area contributed by atoms with Crippen LogP contribution in [0.2, 0.25) is 0 Å². The molecular formula is C24H19BrN2O4. The number of hydrazone groups is 1. The summed E-state index contributed by atoms with van der Waals surface area (Å²) < 4.78 is 11.6. The molecule has 0 saturated carbocycles. The standard InChI is InChI=1S/C24H19BrN2O4/c1-2-15-30-21-13-7-18(8-14-21)23(28)27-26-16-17-3-11-22(12-4-17)31-24(29)19-5-9-20(25)10-6-19/h2-14,16H,1,15H2,(H,27,28)/b26-16-. The summed E-state index contributed by atoms with van der Waals surface area (Å²) in [5.41, 5.74) is 4.11. The fourth-order valence-electron chi connectivity index (χ4n) is 2.46. The smallest absolute Gasteiger partial charge is 0.343 e. The summed E-state index contributed by atoms with van der Waals surface area (Å²) in [5.74, 6) is 0.280. The van der Waals surface area contributed by atoms with Gasteiger partial charge in [-0.1, -0.05) is 28.6 Å². The molecule has 0 spiro atoms. The fraction of sp³-hybridized carbons (Fsp3) is 0.0417. The number of benzene rings is 3. The second kappa shape index (κ2) is 10.9. The summed E-state index contributed by atoms with van der Waals surface area (Å²) in [6, 6.07) is 20.4. The van der Waals surface area contributed by atoms with Crippen LogP contribution in [0.15, 0.2) is 95.0 Å². The number of halogens is 1. The van der Waals surface area contributed by atoms with Gasteiger partial charge >= 0.3 is 5.97 Å². The molecular weight excluding hydrogens is 460 g/mol. The first-order valence-electron chi connectivity index (χ1n) is 9.30. The Morgan fingerprint density at radius 1 is 0.903 bits per heavy atom. The molecule has 156 valence electrons. The number of ether oxygens (including phenoxy) is 2. The van der Waals surface area contributed by atoms with Gasteiger partial charge in [0.15, 0.2) is 0 Å².